The van der Waals surface area contributed by atoms with Gasteiger partial charge < -0.3 is 16.0 Å². The molecule has 0 bridgehead atoms. The standard InChI is InChI=1S/C14H23N3OS/c1-4-16-14(18)13-11(15)7-12(19-13)17-6-5-10(8-17)9(2)3/h7,9-10H,4-6,8,15H2,1-3H3,(H,16,18). The van der Waals surface area contributed by atoms with E-state index in [2.05, 4.69) is 24.1 Å². The number of carbonyl (C=O) groups is 1. The van der Waals surface area contributed by atoms with Crippen LogP contribution in [-0.4, -0.2) is 25.5 Å². The maximum absolute atomic E-state index is 11.9. The van der Waals surface area contributed by atoms with Crippen molar-refractivity contribution in [2.45, 2.75) is 27.2 Å². The summed E-state index contributed by atoms with van der Waals surface area (Å²) in [6.45, 7) is 9.24. The molecule has 2 heterocycles. The molecule has 1 amide bonds. The van der Waals surface area contributed by atoms with E-state index in [0.717, 1.165) is 24.0 Å². The van der Waals surface area contributed by atoms with Crippen LogP contribution in [0.3, 0.4) is 0 Å². The fraction of sp³-hybridized carbons (Fsp3) is 0.643. The molecule has 0 aliphatic carbocycles. The molecule has 1 fully saturated rings. The third kappa shape index (κ3) is 3.03. The number of rotatable bonds is 4. The van der Waals surface area contributed by atoms with E-state index in [1.165, 1.54) is 17.8 Å². The highest BCUT2D eigenvalue weighted by atomic mass is 32.1. The van der Waals surface area contributed by atoms with E-state index < -0.39 is 0 Å². The SMILES string of the molecule is CCNC(=O)c1sc(N2CCC(C(C)C)C2)cc1N. The van der Waals surface area contributed by atoms with Crippen molar-refractivity contribution in [3.8, 4) is 0 Å². The van der Waals surface area contributed by atoms with Crippen molar-refractivity contribution in [2.24, 2.45) is 11.8 Å². The minimum absolute atomic E-state index is 0.0594. The van der Waals surface area contributed by atoms with Gasteiger partial charge in [-0.1, -0.05) is 13.8 Å². The summed E-state index contributed by atoms with van der Waals surface area (Å²) in [6.07, 6.45) is 1.23. The predicted octanol–water partition coefficient (Wildman–Crippen LogP) is 2.56. The van der Waals surface area contributed by atoms with Gasteiger partial charge in [0, 0.05) is 19.6 Å². The number of hydrogen-bond acceptors (Lipinski definition) is 4. The van der Waals surface area contributed by atoms with Crippen molar-refractivity contribution < 1.29 is 4.79 Å². The second kappa shape index (κ2) is 5.82. The first kappa shape index (κ1) is 14.2. The zero-order valence-corrected chi connectivity index (χ0v) is 12.7. The fourth-order valence-corrected chi connectivity index (χ4v) is 3.53. The Morgan fingerprint density at radius 1 is 1.63 bits per heavy atom. The number of carbonyl (C=O) groups excluding carboxylic acids is 1. The van der Waals surface area contributed by atoms with Gasteiger partial charge in [0.05, 0.1) is 10.7 Å². The molecule has 1 aromatic heterocycles. The summed E-state index contributed by atoms with van der Waals surface area (Å²) in [4.78, 5) is 14.9. The molecule has 0 spiro atoms. The van der Waals surface area contributed by atoms with Gasteiger partial charge in [0.1, 0.15) is 4.88 Å². The number of nitrogens with zero attached hydrogens (tertiary/aromatic N) is 1. The Morgan fingerprint density at radius 2 is 2.37 bits per heavy atom. The van der Waals surface area contributed by atoms with Crippen molar-refractivity contribution >= 4 is 27.9 Å². The summed E-state index contributed by atoms with van der Waals surface area (Å²) in [5.74, 6) is 1.40. The molecule has 1 aliphatic rings. The van der Waals surface area contributed by atoms with Crippen molar-refractivity contribution in [3.05, 3.63) is 10.9 Å². The van der Waals surface area contributed by atoms with E-state index >= 15 is 0 Å². The molecule has 4 nitrogen and oxygen atoms in total. The molecule has 1 atom stereocenters. The first-order valence-corrected chi connectivity index (χ1v) is 7.77. The zero-order valence-electron chi connectivity index (χ0n) is 11.9. The Bertz CT molecular complexity index is 456. The molecule has 1 aromatic rings. The first-order valence-electron chi connectivity index (χ1n) is 6.95. The van der Waals surface area contributed by atoms with Gasteiger partial charge >= 0.3 is 0 Å². The van der Waals surface area contributed by atoms with Crippen LogP contribution in [0.4, 0.5) is 10.7 Å². The average Bonchev–Trinajstić information content (AvgIpc) is 2.95. The third-order valence-electron chi connectivity index (χ3n) is 3.77. The Balaban J connectivity index is 2.10. The van der Waals surface area contributed by atoms with Gasteiger partial charge in [0.25, 0.3) is 5.91 Å². The molecule has 19 heavy (non-hydrogen) atoms. The lowest BCUT2D eigenvalue weighted by Crippen LogP contribution is -2.22. The van der Waals surface area contributed by atoms with Crippen LogP contribution in [0.15, 0.2) is 6.07 Å². The Labute approximate surface area is 119 Å². The lowest BCUT2D eigenvalue weighted by molar-refractivity contribution is 0.0960. The Kier molecular flexibility index (Phi) is 4.34. The van der Waals surface area contributed by atoms with Crippen molar-refractivity contribution in [1.82, 2.24) is 5.32 Å². The number of nitrogens with two attached hydrogens (primary N) is 1. The van der Waals surface area contributed by atoms with Gasteiger partial charge in [-0.3, -0.25) is 4.79 Å². The second-order valence-corrected chi connectivity index (χ2v) is 6.50. The number of nitrogens with one attached hydrogen (secondary N) is 1. The summed E-state index contributed by atoms with van der Waals surface area (Å²) in [7, 11) is 0. The zero-order chi connectivity index (χ0) is 14.0. The van der Waals surface area contributed by atoms with Gasteiger partial charge in [-0.25, -0.2) is 0 Å². The normalized spacial score (nSPS) is 19.2. The van der Waals surface area contributed by atoms with E-state index in [-0.39, 0.29) is 5.91 Å². The molecule has 3 N–H and O–H groups in total. The minimum atomic E-state index is -0.0594. The number of anilines is 2. The minimum Gasteiger partial charge on any atom is -0.397 e. The summed E-state index contributed by atoms with van der Waals surface area (Å²) in [5, 5.41) is 3.93. The highest BCUT2D eigenvalue weighted by molar-refractivity contribution is 7.18. The van der Waals surface area contributed by atoms with E-state index in [1.807, 2.05) is 13.0 Å². The molecular formula is C14H23N3OS. The third-order valence-corrected chi connectivity index (χ3v) is 4.98. The van der Waals surface area contributed by atoms with Crippen LogP contribution in [0.1, 0.15) is 36.9 Å². The largest absolute Gasteiger partial charge is 0.397 e. The van der Waals surface area contributed by atoms with E-state index in [4.69, 9.17) is 5.73 Å². The number of hydrogen-bond donors (Lipinski definition) is 2. The summed E-state index contributed by atoms with van der Waals surface area (Å²) in [5.41, 5.74) is 6.55. The van der Waals surface area contributed by atoms with Crippen molar-refractivity contribution in [1.29, 1.82) is 0 Å². The predicted molar refractivity (Wildman–Crippen MR) is 81.9 cm³/mol. The molecule has 1 saturated heterocycles. The molecule has 0 aromatic carbocycles. The second-order valence-electron chi connectivity index (χ2n) is 5.47. The quantitative estimate of drug-likeness (QED) is 0.891. The van der Waals surface area contributed by atoms with Gasteiger partial charge in [0.15, 0.2) is 0 Å². The summed E-state index contributed by atoms with van der Waals surface area (Å²) in [6, 6.07) is 1.94. The van der Waals surface area contributed by atoms with Crippen molar-refractivity contribution in [3.63, 3.8) is 0 Å². The molecule has 5 heteroatoms. The van der Waals surface area contributed by atoms with Crippen LogP contribution in [0, 0.1) is 11.8 Å². The molecule has 1 unspecified atom stereocenters. The molecule has 0 radical (unpaired) electrons. The lowest BCUT2D eigenvalue weighted by atomic mass is 9.95. The average molecular weight is 281 g/mol. The number of amides is 1. The fourth-order valence-electron chi connectivity index (χ4n) is 2.50. The van der Waals surface area contributed by atoms with Crippen LogP contribution in [0.2, 0.25) is 0 Å². The van der Waals surface area contributed by atoms with Crippen LogP contribution in [0.25, 0.3) is 0 Å². The summed E-state index contributed by atoms with van der Waals surface area (Å²) < 4.78 is 0. The maximum Gasteiger partial charge on any atom is 0.263 e. The molecule has 0 saturated carbocycles. The molecule has 1 aliphatic heterocycles. The van der Waals surface area contributed by atoms with Crippen LogP contribution < -0.4 is 16.0 Å². The monoisotopic (exact) mass is 281 g/mol. The van der Waals surface area contributed by atoms with E-state index in [0.29, 0.717) is 23.0 Å². The smallest absolute Gasteiger partial charge is 0.263 e. The van der Waals surface area contributed by atoms with Gasteiger partial charge in [0.2, 0.25) is 0 Å². The Morgan fingerprint density at radius 3 is 2.95 bits per heavy atom. The molecule has 106 valence electrons. The van der Waals surface area contributed by atoms with Gasteiger partial charge in [-0.15, -0.1) is 11.3 Å². The lowest BCUT2D eigenvalue weighted by Gasteiger charge is -2.17. The summed E-state index contributed by atoms with van der Waals surface area (Å²) >= 11 is 1.51. The highest BCUT2D eigenvalue weighted by Gasteiger charge is 2.27. The molecular weight excluding hydrogens is 258 g/mol. The van der Waals surface area contributed by atoms with E-state index in [9.17, 15) is 4.79 Å². The van der Waals surface area contributed by atoms with Crippen molar-refractivity contribution in [2.75, 3.05) is 30.3 Å². The topological polar surface area (TPSA) is 58.4 Å². The van der Waals surface area contributed by atoms with Crippen LogP contribution in [0.5, 0.6) is 0 Å². The van der Waals surface area contributed by atoms with Gasteiger partial charge in [-0.2, -0.15) is 0 Å². The van der Waals surface area contributed by atoms with Crippen LogP contribution in [-0.2, 0) is 0 Å². The van der Waals surface area contributed by atoms with E-state index in [1.54, 1.807) is 0 Å². The molecule has 2 rings (SSSR count). The number of nitrogen functional groups attached to an aromatic ring is 1. The van der Waals surface area contributed by atoms with Crippen LogP contribution >= 0.6 is 11.3 Å². The first-order chi connectivity index (χ1) is 9.02. The number of thiophene rings is 1. The maximum atomic E-state index is 11.9. The highest BCUT2D eigenvalue weighted by Crippen LogP contribution is 2.36. The Hall–Kier alpha value is -1.23. The van der Waals surface area contributed by atoms with Gasteiger partial charge in [-0.05, 0) is 31.2 Å².